The molecule has 0 radical (unpaired) electrons. The van der Waals surface area contributed by atoms with Crippen LogP contribution >= 0.6 is 22.9 Å². The first-order chi connectivity index (χ1) is 13.0. The van der Waals surface area contributed by atoms with Crippen molar-refractivity contribution >= 4 is 34.6 Å². The number of benzene rings is 1. The first-order valence-electron chi connectivity index (χ1n) is 7.53. The average Bonchev–Trinajstić information content (AvgIpc) is 3.15. The van der Waals surface area contributed by atoms with E-state index in [1.807, 2.05) is 0 Å². The number of esters is 1. The molecular formula is C17H12ClN3O5S. The van der Waals surface area contributed by atoms with Crippen LogP contribution in [0.2, 0.25) is 5.02 Å². The molecule has 2 aromatic heterocycles. The van der Waals surface area contributed by atoms with Crippen LogP contribution in [0.25, 0.3) is 10.6 Å². The molecule has 0 N–H and O–H groups in total. The smallest absolute Gasteiger partial charge is 0.337 e. The minimum Gasteiger partial charge on any atom is -0.479 e. The zero-order valence-corrected chi connectivity index (χ0v) is 15.5. The second kappa shape index (κ2) is 8.11. The zero-order chi connectivity index (χ0) is 19.4. The van der Waals surface area contributed by atoms with Crippen molar-refractivity contribution in [3.63, 3.8) is 0 Å². The fourth-order valence-electron chi connectivity index (χ4n) is 2.20. The van der Waals surface area contributed by atoms with Crippen molar-refractivity contribution in [1.82, 2.24) is 9.97 Å². The Labute approximate surface area is 162 Å². The third-order valence-corrected chi connectivity index (χ3v) is 4.71. The number of nitrogens with zero attached hydrogens (tertiary/aromatic N) is 3. The van der Waals surface area contributed by atoms with Gasteiger partial charge in [0.05, 0.1) is 23.3 Å². The van der Waals surface area contributed by atoms with E-state index < -0.39 is 10.9 Å². The molecule has 27 heavy (non-hydrogen) atoms. The molecule has 138 valence electrons. The standard InChI is InChI=1S/C17H12ClN3O5S/c1-25-17(22)11-4-2-10(3-5-11)16-20-12(9-27-16)8-26-15-13(18)6-19-7-14(15)21(23)24/h2-7,9H,8H2,1H3. The van der Waals surface area contributed by atoms with Gasteiger partial charge in [-0.05, 0) is 12.1 Å². The Morgan fingerprint density at radius 1 is 1.30 bits per heavy atom. The summed E-state index contributed by atoms with van der Waals surface area (Å²) in [6.07, 6.45) is 2.36. The van der Waals surface area contributed by atoms with E-state index >= 15 is 0 Å². The Kier molecular flexibility index (Phi) is 5.63. The minimum absolute atomic E-state index is 0.0152. The van der Waals surface area contributed by atoms with Crippen LogP contribution in [0, 0.1) is 10.1 Å². The van der Waals surface area contributed by atoms with E-state index in [-0.39, 0.29) is 23.1 Å². The van der Waals surface area contributed by atoms with Crippen molar-refractivity contribution in [3.8, 4) is 16.3 Å². The highest BCUT2D eigenvalue weighted by Gasteiger charge is 2.20. The van der Waals surface area contributed by atoms with Crippen LogP contribution in [-0.4, -0.2) is 28.0 Å². The summed E-state index contributed by atoms with van der Waals surface area (Å²) >= 11 is 7.33. The van der Waals surface area contributed by atoms with Gasteiger partial charge in [0, 0.05) is 17.1 Å². The summed E-state index contributed by atoms with van der Waals surface area (Å²) in [5, 5.41) is 13.6. The molecule has 0 unspecified atom stereocenters. The highest BCUT2D eigenvalue weighted by atomic mass is 35.5. The Balaban J connectivity index is 1.74. The number of hydrogen-bond acceptors (Lipinski definition) is 8. The number of ether oxygens (including phenoxy) is 2. The van der Waals surface area contributed by atoms with E-state index in [0.29, 0.717) is 11.3 Å². The third kappa shape index (κ3) is 4.21. The van der Waals surface area contributed by atoms with Gasteiger partial charge in [-0.2, -0.15) is 0 Å². The number of carbonyl (C=O) groups excluding carboxylic acids is 1. The molecule has 0 saturated carbocycles. The number of pyridine rings is 1. The second-order valence-electron chi connectivity index (χ2n) is 5.23. The van der Waals surface area contributed by atoms with Gasteiger partial charge in [0.25, 0.3) is 0 Å². The maximum Gasteiger partial charge on any atom is 0.337 e. The largest absolute Gasteiger partial charge is 0.479 e. The monoisotopic (exact) mass is 405 g/mol. The Hall–Kier alpha value is -3.04. The third-order valence-electron chi connectivity index (χ3n) is 3.50. The molecule has 1 aromatic carbocycles. The number of nitro groups is 1. The molecule has 8 nitrogen and oxygen atoms in total. The van der Waals surface area contributed by atoms with Crippen LogP contribution in [0.1, 0.15) is 16.1 Å². The second-order valence-corrected chi connectivity index (χ2v) is 6.49. The van der Waals surface area contributed by atoms with Crippen molar-refractivity contribution in [2.24, 2.45) is 0 Å². The van der Waals surface area contributed by atoms with Crippen LogP contribution in [0.4, 0.5) is 5.69 Å². The fourth-order valence-corrected chi connectivity index (χ4v) is 3.22. The normalized spacial score (nSPS) is 10.4. The van der Waals surface area contributed by atoms with Crippen molar-refractivity contribution in [1.29, 1.82) is 0 Å². The van der Waals surface area contributed by atoms with Gasteiger partial charge in [0.2, 0.25) is 5.75 Å². The van der Waals surface area contributed by atoms with E-state index in [9.17, 15) is 14.9 Å². The van der Waals surface area contributed by atoms with Crippen LogP contribution in [-0.2, 0) is 11.3 Å². The molecule has 0 bridgehead atoms. The molecular weight excluding hydrogens is 394 g/mol. The zero-order valence-electron chi connectivity index (χ0n) is 13.9. The molecule has 0 aliphatic carbocycles. The van der Waals surface area contributed by atoms with E-state index in [0.717, 1.165) is 16.8 Å². The van der Waals surface area contributed by atoms with Crippen molar-refractivity contribution < 1.29 is 19.2 Å². The van der Waals surface area contributed by atoms with Crippen molar-refractivity contribution in [3.05, 3.63) is 68.4 Å². The maximum absolute atomic E-state index is 11.5. The van der Waals surface area contributed by atoms with Gasteiger partial charge in [-0.3, -0.25) is 15.1 Å². The SMILES string of the molecule is COC(=O)c1ccc(-c2nc(COc3c(Cl)cncc3[N+](=O)[O-])cs2)cc1. The Morgan fingerprint density at radius 3 is 2.70 bits per heavy atom. The summed E-state index contributed by atoms with van der Waals surface area (Å²) in [4.78, 5) is 30.1. The minimum atomic E-state index is -0.608. The molecule has 0 aliphatic heterocycles. The molecule has 0 atom stereocenters. The van der Waals surface area contributed by atoms with Crippen molar-refractivity contribution in [2.75, 3.05) is 7.11 Å². The van der Waals surface area contributed by atoms with E-state index in [1.165, 1.54) is 24.6 Å². The number of halogens is 1. The summed E-state index contributed by atoms with van der Waals surface area (Å²) in [6.45, 7) is 0.0152. The first-order valence-corrected chi connectivity index (χ1v) is 8.79. The van der Waals surface area contributed by atoms with E-state index in [2.05, 4.69) is 14.7 Å². The van der Waals surface area contributed by atoms with Gasteiger partial charge in [0.15, 0.2) is 0 Å². The van der Waals surface area contributed by atoms with Gasteiger partial charge in [-0.1, -0.05) is 23.7 Å². The summed E-state index contributed by atoms with van der Waals surface area (Å²) in [5.74, 6) is -0.459. The van der Waals surface area contributed by atoms with Crippen molar-refractivity contribution in [2.45, 2.75) is 6.61 Å². The van der Waals surface area contributed by atoms with Gasteiger partial charge < -0.3 is 9.47 Å². The lowest BCUT2D eigenvalue weighted by Gasteiger charge is -2.06. The Morgan fingerprint density at radius 2 is 2.04 bits per heavy atom. The maximum atomic E-state index is 11.5. The van der Waals surface area contributed by atoms with Crippen LogP contribution < -0.4 is 4.74 Å². The molecule has 3 aromatic rings. The lowest BCUT2D eigenvalue weighted by Crippen LogP contribution is -2.01. The predicted octanol–water partition coefficient (Wildman–Crippen LogP) is 4.13. The van der Waals surface area contributed by atoms with Gasteiger partial charge in [0.1, 0.15) is 22.8 Å². The highest BCUT2D eigenvalue weighted by molar-refractivity contribution is 7.13. The summed E-state index contributed by atoms with van der Waals surface area (Å²) in [5.41, 5.74) is 1.55. The van der Waals surface area contributed by atoms with E-state index in [4.69, 9.17) is 16.3 Å². The Bertz CT molecular complexity index is 990. The number of aromatic nitrogens is 2. The number of thiazole rings is 1. The average molecular weight is 406 g/mol. The lowest BCUT2D eigenvalue weighted by atomic mass is 10.1. The van der Waals surface area contributed by atoms with Gasteiger partial charge in [-0.25, -0.2) is 9.78 Å². The number of carbonyl (C=O) groups is 1. The molecule has 0 fully saturated rings. The molecule has 3 rings (SSSR count). The molecule has 0 spiro atoms. The van der Waals surface area contributed by atoms with E-state index in [1.54, 1.807) is 29.6 Å². The fraction of sp³-hybridized carbons (Fsp3) is 0.118. The lowest BCUT2D eigenvalue weighted by molar-refractivity contribution is -0.386. The first kappa shape index (κ1) is 18.7. The highest BCUT2D eigenvalue weighted by Crippen LogP contribution is 2.34. The van der Waals surface area contributed by atoms with Crippen LogP contribution in [0.3, 0.4) is 0 Å². The number of methoxy groups -OCH3 is 1. The number of rotatable bonds is 6. The van der Waals surface area contributed by atoms with Gasteiger partial charge in [-0.15, -0.1) is 11.3 Å². The quantitative estimate of drug-likeness (QED) is 0.345. The topological polar surface area (TPSA) is 104 Å². The number of hydrogen-bond donors (Lipinski definition) is 0. The molecule has 0 saturated heterocycles. The molecule has 10 heteroatoms. The molecule has 2 heterocycles. The summed E-state index contributed by atoms with van der Waals surface area (Å²) in [6, 6.07) is 6.83. The van der Waals surface area contributed by atoms with Gasteiger partial charge >= 0.3 is 11.7 Å². The predicted molar refractivity (Wildman–Crippen MR) is 99.1 cm³/mol. The van der Waals surface area contributed by atoms with Crippen LogP contribution in [0.5, 0.6) is 5.75 Å². The summed E-state index contributed by atoms with van der Waals surface area (Å²) in [7, 11) is 1.32. The van der Waals surface area contributed by atoms with Crippen LogP contribution in [0.15, 0.2) is 42.0 Å². The molecule has 0 aliphatic rings. The molecule has 0 amide bonds. The summed E-state index contributed by atoms with van der Waals surface area (Å²) < 4.78 is 10.2.